The average Bonchev–Trinajstić information content (AvgIpc) is 2.98. The monoisotopic (exact) mass is 359 g/mol. The maximum absolute atomic E-state index is 12.8. The second-order valence-electron chi connectivity index (χ2n) is 6.13. The Kier molecular flexibility index (Phi) is 5.99. The number of halogens is 3. The van der Waals surface area contributed by atoms with E-state index in [4.69, 9.17) is 10.5 Å². The van der Waals surface area contributed by atoms with Crippen LogP contribution in [0.15, 0.2) is 23.4 Å². The molecule has 9 heteroatoms. The van der Waals surface area contributed by atoms with Crippen LogP contribution in [-0.4, -0.2) is 42.6 Å². The summed E-state index contributed by atoms with van der Waals surface area (Å²) in [5.74, 6) is -0.961. The third-order valence-electron chi connectivity index (χ3n) is 4.18. The van der Waals surface area contributed by atoms with Crippen LogP contribution in [0.25, 0.3) is 0 Å². The van der Waals surface area contributed by atoms with Crippen LogP contribution in [0.1, 0.15) is 35.7 Å². The van der Waals surface area contributed by atoms with Crippen LogP contribution in [0.3, 0.4) is 0 Å². The molecule has 0 bridgehead atoms. The summed E-state index contributed by atoms with van der Waals surface area (Å²) >= 11 is 0. The van der Waals surface area contributed by atoms with Crippen LogP contribution in [-0.2, 0) is 6.18 Å². The van der Waals surface area contributed by atoms with Crippen molar-refractivity contribution in [2.45, 2.75) is 38.0 Å². The zero-order valence-electron chi connectivity index (χ0n) is 13.8. The molecule has 0 saturated carbocycles. The second kappa shape index (κ2) is 7.81. The highest BCUT2D eigenvalue weighted by Crippen LogP contribution is 2.32. The molecule has 1 unspecified atom stereocenters. The van der Waals surface area contributed by atoms with E-state index in [1.54, 1.807) is 6.92 Å². The van der Waals surface area contributed by atoms with Gasteiger partial charge in [-0.05, 0) is 44.5 Å². The summed E-state index contributed by atoms with van der Waals surface area (Å²) in [5.41, 5.74) is 3.92. The number of likely N-dealkylation sites (tertiary alicyclic amines) is 1. The Morgan fingerprint density at radius 2 is 2.20 bits per heavy atom. The molecule has 0 radical (unpaired) electrons. The van der Waals surface area contributed by atoms with Gasteiger partial charge in [-0.15, -0.1) is 0 Å². The molecule has 0 spiro atoms. The first-order valence-corrected chi connectivity index (χ1v) is 7.92. The van der Waals surface area contributed by atoms with Gasteiger partial charge in [0, 0.05) is 12.6 Å². The predicted molar refractivity (Wildman–Crippen MR) is 85.3 cm³/mol. The standard InChI is InChI=1S/C16H20F3N3O3/c1-10(21-24)8-22-6-2-3-12(22)9-25-14-5-4-11(16(17,18)19)7-13(14)15(20)23/h4-5,7,10,12H,2-3,6,8-9H2,1H3,(H2,20,23)/t10?,12-/m0/s1. The SMILES string of the molecule is CC(CN1CCC[C@H]1COc1ccc(C(F)(F)F)cc1C(N)=O)N=O. The third kappa shape index (κ3) is 4.91. The Bertz CT molecular complexity index is 637. The molecule has 25 heavy (non-hydrogen) atoms. The molecule has 1 saturated heterocycles. The van der Waals surface area contributed by atoms with Gasteiger partial charge in [-0.25, -0.2) is 0 Å². The van der Waals surface area contributed by atoms with Crippen LogP contribution in [0, 0.1) is 4.91 Å². The molecule has 2 rings (SSSR count). The fraction of sp³-hybridized carbons (Fsp3) is 0.562. The number of hydrogen-bond acceptors (Lipinski definition) is 5. The molecule has 1 aliphatic rings. The molecule has 2 N–H and O–H groups in total. The van der Waals surface area contributed by atoms with Crippen LogP contribution in [0.2, 0.25) is 0 Å². The molecule has 138 valence electrons. The number of benzene rings is 1. The molecule has 0 aliphatic carbocycles. The second-order valence-corrected chi connectivity index (χ2v) is 6.13. The van der Waals surface area contributed by atoms with Crippen molar-refractivity contribution < 1.29 is 22.7 Å². The minimum atomic E-state index is -4.57. The van der Waals surface area contributed by atoms with Crippen LogP contribution >= 0.6 is 0 Å². The number of primary amides is 1. The molecule has 1 aromatic rings. The highest BCUT2D eigenvalue weighted by Gasteiger charge is 2.32. The highest BCUT2D eigenvalue weighted by molar-refractivity contribution is 5.95. The Morgan fingerprint density at radius 1 is 1.48 bits per heavy atom. The highest BCUT2D eigenvalue weighted by atomic mass is 19.4. The third-order valence-corrected chi connectivity index (χ3v) is 4.18. The van der Waals surface area contributed by atoms with E-state index in [0.717, 1.165) is 31.5 Å². The fourth-order valence-corrected chi connectivity index (χ4v) is 2.91. The van der Waals surface area contributed by atoms with Crippen molar-refractivity contribution in [1.29, 1.82) is 0 Å². The number of carbonyl (C=O) groups is 1. The summed E-state index contributed by atoms with van der Waals surface area (Å²) in [5, 5.41) is 2.97. The molecule has 1 aliphatic heterocycles. The van der Waals surface area contributed by atoms with E-state index < -0.39 is 17.6 Å². The Hall–Kier alpha value is -2.16. The van der Waals surface area contributed by atoms with Gasteiger partial charge < -0.3 is 10.5 Å². The summed E-state index contributed by atoms with van der Waals surface area (Å²) < 4.78 is 43.9. The summed E-state index contributed by atoms with van der Waals surface area (Å²) in [6.07, 6.45) is -2.81. The smallest absolute Gasteiger partial charge is 0.416 e. The number of nitrogens with zero attached hydrogens (tertiary/aromatic N) is 2. The summed E-state index contributed by atoms with van der Waals surface area (Å²) in [7, 11) is 0. The Labute approximate surface area is 143 Å². The number of hydrogen-bond donors (Lipinski definition) is 1. The van der Waals surface area contributed by atoms with Crippen molar-refractivity contribution >= 4 is 5.91 Å². The first-order valence-electron chi connectivity index (χ1n) is 7.92. The topological polar surface area (TPSA) is 85.0 Å². The number of amides is 1. The van der Waals surface area contributed by atoms with Crippen molar-refractivity contribution in [2.24, 2.45) is 10.9 Å². The van der Waals surface area contributed by atoms with Gasteiger partial charge in [0.05, 0.1) is 11.1 Å². The maximum Gasteiger partial charge on any atom is 0.416 e. The molecule has 1 amide bonds. The zero-order chi connectivity index (χ0) is 18.6. The fourth-order valence-electron chi connectivity index (χ4n) is 2.91. The normalized spacial score (nSPS) is 19.6. The van der Waals surface area contributed by atoms with Crippen LogP contribution < -0.4 is 10.5 Å². The molecule has 2 atom stereocenters. The summed E-state index contributed by atoms with van der Waals surface area (Å²) in [6.45, 7) is 3.19. The van der Waals surface area contributed by atoms with Crippen molar-refractivity contribution in [3.05, 3.63) is 34.2 Å². The lowest BCUT2D eigenvalue weighted by Crippen LogP contribution is -2.38. The van der Waals surface area contributed by atoms with Gasteiger partial charge in [0.25, 0.3) is 5.91 Å². The van der Waals surface area contributed by atoms with E-state index >= 15 is 0 Å². The zero-order valence-corrected chi connectivity index (χ0v) is 13.8. The number of ether oxygens (including phenoxy) is 1. The minimum absolute atomic E-state index is 0.00668. The van der Waals surface area contributed by atoms with Gasteiger partial charge in [-0.2, -0.15) is 18.1 Å². The maximum atomic E-state index is 12.8. The van der Waals surface area contributed by atoms with E-state index in [-0.39, 0.29) is 30.0 Å². The van der Waals surface area contributed by atoms with Gasteiger partial charge >= 0.3 is 6.18 Å². The molecule has 1 fully saturated rings. The molecule has 6 nitrogen and oxygen atoms in total. The van der Waals surface area contributed by atoms with Crippen molar-refractivity contribution in [2.75, 3.05) is 19.7 Å². The van der Waals surface area contributed by atoms with Gasteiger partial charge in [0.15, 0.2) is 0 Å². The number of nitrogens with two attached hydrogens (primary N) is 1. The number of alkyl halides is 3. The van der Waals surface area contributed by atoms with Gasteiger partial charge in [0.1, 0.15) is 18.4 Å². The quantitative estimate of drug-likeness (QED) is 0.759. The van der Waals surface area contributed by atoms with Crippen molar-refractivity contribution in [3.63, 3.8) is 0 Å². The Morgan fingerprint density at radius 3 is 2.80 bits per heavy atom. The summed E-state index contributed by atoms with van der Waals surface area (Å²) in [4.78, 5) is 24.1. The van der Waals surface area contributed by atoms with Gasteiger partial charge in [-0.1, -0.05) is 5.18 Å². The lowest BCUT2D eigenvalue weighted by molar-refractivity contribution is -0.137. The van der Waals surface area contributed by atoms with E-state index in [1.807, 2.05) is 0 Å². The molecule has 0 aromatic heterocycles. The Balaban J connectivity index is 2.09. The lowest BCUT2D eigenvalue weighted by Gasteiger charge is -2.25. The van der Waals surface area contributed by atoms with Gasteiger partial charge in [0.2, 0.25) is 0 Å². The largest absolute Gasteiger partial charge is 0.491 e. The molecular formula is C16H20F3N3O3. The minimum Gasteiger partial charge on any atom is -0.491 e. The van der Waals surface area contributed by atoms with E-state index in [1.165, 1.54) is 0 Å². The number of rotatable bonds is 7. The molecule has 1 heterocycles. The predicted octanol–water partition coefficient (Wildman–Crippen LogP) is 2.80. The summed E-state index contributed by atoms with van der Waals surface area (Å²) in [6, 6.07) is 2.31. The van der Waals surface area contributed by atoms with Crippen LogP contribution in [0.4, 0.5) is 13.2 Å². The average molecular weight is 359 g/mol. The number of nitroso groups, excluding NO2 is 1. The molecule has 1 aromatic carbocycles. The van der Waals surface area contributed by atoms with Crippen molar-refractivity contribution in [1.82, 2.24) is 4.90 Å². The molecular weight excluding hydrogens is 339 g/mol. The first kappa shape index (κ1) is 19.2. The van der Waals surface area contributed by atoms with E-state index in [0.29, 0.717) is 12.6 Å². The van der Waals surface area contributed by atoms with Crippen molar-refractivity contribution in [3.8, 4) is 5.75 Å². The van der Waals surface area contributed by atoms with E-state index in [9.17, 15) is 22.9 Å². The number of carbonyl (C=O) groups excluding carboxylic acids is 1. The van der Waals surface area contributed by atoms with Gasteiger partial charge in [-0.3, -0.25) is 9.69 Å². The lowest BCUT2D eigenvalue weighted by atomic mass is 10.1. The van der Waals surface area contributed by atoms with Crippen LogP contribution in [0.5, 0.6) is 5.75 Å². The first-order chi connectivity index (χ1) is 11.7. The van der Waals surface area contributed by atoms with E-state index in [2.05, 4.69) is 10.1 Å².